The predicted molar refractivity (Wildman–Crippen MR) is 236 cm³/mol. The zero-order valence-electron chi connectivity index (χ0n) is 36.6. The van der Waals surface area contributed by atoms with Crippen molar-refractivity contribution in [1.82, 2.24) is 5.32 Å². The van der Waals surface area contributed by atoms with Crippen LogP contribution in [0.15, 0.2) is 36.5 Å². The summed E-state index contributed by atoms with van der Waals surface area (Å²) < 4.78 is 5.88. The number of hydrogen-bond acceptors (Lipinski definition) is 5. The number of unbranched alkanes of at least 4 members (excludes halogenated alkanes) is 24. The standard InChI is InChI=1S/C49H91NO5/c1-4-7-10-13-16-18-20-21-22-23-24-25-26-27-28-30-33-36-39-42-49(54)55-45(40-37-34-31-15-12-9-6-3)43-48(53)50-46(44-51)47(52)41-38-35-32-29-19-17-14-11-8-5-2/h16,18,21-22,24-25,45-47,51-52H,4-15,17,19-20,23,26-44H2,1-3H3,(H,50,53)/b18-16-,22-21-,25-24-. The van der Waals surface area contributed by atoms with E-state index in [9.17, 15) is 19.8 Å². The molecule has 6 heteroatoms. The second-order valence-corrected chi connectivity index (χ2v) is 16.2. The highest BCUT2D eigenvalue weighted by Gasteiger charge is 2.24. The highest BCUT2D eigenvalue weighted by molar-refractivity contribution is 5.77. The summed E-state index contributed by atoms with van der Waals surface area (Å²) in [5, 5.41) is 23.6. The van der Waals surface area contributed by atoms with Crippen LogP contribution in [0.5, 0.6) is 0 Å². The number of hydrogen-bond donors (Lipinski definition) is 3. The van der Waals surface area contributed by atoms with E-state index in [1.54, 1.807) is 0 Å². The van der Waals surface area contributed by atoms with Crippen molar-refractivity contribution < 1.29 is 24.5 Å². The molecule has 0 heterocycles. The van der Waals surface area contributed by atoms with Crippen molar-refractivity contribution in [3.63, 3.8) is 0 Å². The number of esters is 1. The lowest BCUT2D eigenvalue weighted by atomic mass is 10.0. The van der Waals surface area contributed by atoms with Crippen LogP contribution < -0.4 is 5.32 Å². The van der Waals surface area contributed by atoms with Crippen LogP contribution in [-0.2, 0) is 14.3 Å². The topological polar surface area (TPSA) is 95.9 Å². The molecule has 0 aromatic carbocycles. The van der Waals surface area contributed by atoms with Crippen molar-refractivity contribution in [1.29, 1.82) is 0 Å². The van der Waals surface area contributed by atoms with Crippen molar-refractivity contribution in [2.24, 2.45) is 0 Å². The van der Waals surface area contributed by atoms with Gasteiger partial charge in [-0.25, -0.2) is 0 Å². The summed E-state index contributed by atoms with van der Waals surface area (Å²) in [6.07, 6.45) is 49.3. The minimum Gasteiger partial charge on any atom is -0.462 e. The molecule has 0 aliphatic carbocycles. The van der Waals surface area contributed by atoms with Gasteiger partial charge in [0.15, 0.2) is 0 Å². The summed E-state index contributed by atoms with van der Waals surface area (Å²) in [5.41, 5.74) is 0. The molecule has 322 valence electrons. The Morgan fingerprint density at radius 2 is 0.927 bits per heavy atom. The van der Waals surface area contributed by atoms with Crippen molar-refractivity contribution in [3.05, 3.63) is 36.5 Å². The van der Waals surface area contributed by atoms with E-state index in [4.69, 9.17) is 4.74 Å². The van der Waals surface area contributed by atoms with Gasteiger partial charge in [0.05, 0.1) is 25.2 Å². The number of amides is 1. The van der Waals surface area contributed by atoms with Crippen LogP contribution in [0.3, 0.4) is 0 Å². The van der Waals surface area contributed by atoms with Gasteiger partial charge in [0.1, 0.15) is 6.10 Å². The van der Waals surface area contributed by atoms with Gasteiger partial charge in [0.25, 0.3) is 0 Å². The molecular weight excluding hydrogens is 683 g/mol. The monoisotopic (exact) mass is 774 g/mol. The molecule has 0 saturated heterocycles. The van der Waals surface area contributed by atoms with E-state index in [0.29, 0.717) is 19.3 Å². The molecule has 0 saturated carbocycles. The molecule has 0 radical (unpaired) electrons. The van der Waals surface area contributed by atoms with E-state index in [0.717, 1.165) is 77.0 Å². The third kappa shape index (κ3) is 38.7. The molecule has 55 heavy (non-hydrogen) atoms. The first-order valence-corrected chi connectivity index (χ1v) is 23.7. The van der Waals surface area contributed by atoms with Crippen LogP contribution in [-0.4, -0.2) is 46.9 Å². The molecule has 0 aliphatic heterocycles. The van der Waals surface area contributed by atoms with E-state index in [-0.39, 0.29) is 24.9 Å². The Bertz CT molecular complexity index is 915. The summed E-state index contributed by atoms with van der Waals surface area (Å²) in [7, 11) is 0. The van der Waals surface area contributed by atoms with E-state index in [1.807, 2.05) is 0 Å². The maximum atomic E-state index is 13.1. The largest absolute Gasteiger partial charge is 0.462 e. The summed E-state index contributed by atoms with van der Waals surface area (Å²) in [4.78, 5) is 25.9. The fraction of sp³-hybridized carbons (Fsp3) is 0.837. The van der Waals surface area contributed by atoms with Crippen molar-refractivity contribution in [3.8, 4) is 0 Å². The molecular formula is C49H91NO5. The van der Waals surface area contributed by atoms with Gasteiger partial charge in [-0.05, 0) is 64.2 Å². The van der Waals surface area contributed by atoms with E-state index in [1.165, 1.54) is 116 Å². The van der Waals surface area contributed by atoms with E-state index in [2.05, 4.69) is 62.5 Å². The van der Waals surface area contributed by atoms with Crippen LogP contribution in [0.4, 0.5) is 0 Å². The Kier molecular flexibility index (Phi) is 41.7. The third-order valence-electron chi connectivity index (χ3n) is 10.7. The molecule has 0 bridgehead atoms. The second kappa shape index (κ2) is 43.2. The molecule has 0 rings (SSSR count). The molecule has 0 aromatic rings. The van der Waals surface area contributed by atoms with Gasteiger partial charge in [0, 0.05) is 6.42 Å². The van der Waals surface area contributed by atoms with Crippen LogP contribution in [0.2, 0.25) is 0 Å². The molecule has 0 fully saturated rings. The smallest absolute Gasteiger partial charge is 0.306 e. The molecule has 6 nitrogen and oxygen atoms in total. The predicted octanol–water partition coefficient (Wildman–Crippen LogP) is 13.7. The Morgan fingerprint density at radius 1 is 0.527 bits per heavy atom. The molecule has 0 aromatic heterocycles. The number of carbonyl (C=O) groups excluding carboxylic acids is 2. The van der Waals surface area contributed by atoms with Gasteiger partial charge < -0.3 is 20.3 Å². The second-order valence-electron chi connectivity index (χ2n) is 16.2. The van der Waals surface area contributed by atoms with Crippen LogP contribution >= 0.6 is 0 Å². The van der Waals surface area contributed by atoms with Crippen molar-refractivity contribution in [2.75, 3.05) is 6.61 Å². The first kappa shape index (κ1) is 53.1. The number of aliphatic hydroxyl groups excluding tert-OH is 2. The van der Waals surface area contributed by atoms with Gasteiger partial charge in [-0.1, -0.05) is 198 Å². The number of carbonyl (C=O) groups is 2. The number of ether oxygens (including phenoxy) is 1. The Labute approximate surface area is 341 Å². The maximum Gasteiger partial charge on any atom is 0.306 e. The Balaban J connectivity index is 4.39. The molecule has 0 spiro atoms. The van der Waals surface area contributed by atoms with Gasteiger partial charge in [-0.2, -0.15) is 0 Å². The minimum atomic E-state index is -0.784. The molecule has 3 unspecified atom stereocenters. The quantitative estimate of drug-likeness (QED) is 0.0326. The SMILES string of the molecule is CCCCC/C=C\C/C=C\C/C=C\CCCCCCCCC(=O)OC(CCCCCCCCC)CC(=O)NC(CO)C(O)CCCCCCCCCCCC. The number of nitrogens with one attached hydrogen (secondary N) is 1. The fourth-order valence-corrected chi connectivity index (χ4v) is 7.08. The summed E-state index contributed by atoms with van der Waals surface area (Å²) in [6.45, 7) is 6.40. The Morgan fingerprint density at radius 3 is 1.44 bits per heavy atom. The summed E-state index contributed by atoms with van der Waals surface area (Å²) in [5.74, 6) is -0.489. The van der Waals surface area contributed by atoms with Gasteiger partial charge in [0.2, 0.25) is 5.91 Å². The number of aliphatic hydroxyl groups is 2. The first-order chi connectivity index (χ1) is 27.0. The van der Waals surface area contributed by atoms with Gasteiger partial charge in [-0.15, -0.1) is 0 Å². The highest BCUT2D eigenvalue weighted by atomic mass is 16.5. The number of rotatable bonds is 42. The average molecular weight is 774 g/mol. The molecule has 3 atom stereocenters. The molecule has 3 N–H and O–H groups in total. The van der Waals surface area contributed by atoms with E-state index >= 15 is 0 Å². The fourth-order valence-electron chi connectivity index (χ4n) is 7.08. The van der Waals surface area contributed by atoms with Crippen LogP contribution in [0.1, 0.15) is 239 Å². The number of allylic oxidation sites excluding steroid dienone is 6. The molecule has 1 amide bonds. The normalized spacial score (nSPS) is 13.6. The van der Waals surface area contributed by atoms with E-state index < -0.39 is 18.2 Å². The minimum absolute atomic E-state index is 0.0737. The van der Waals surface area contributed by atoms with Crippen LogP contribution in [0, 0.1) is 0 Å². The third-order valence-corrected chi connectivity index (χ3v) is 10.7. The Hall–Kier alpha value is -1.92. The summed E-state index contributed by atoms with van der Waals surface area (Å²) in [6, 6.07) is -0.698. The lowest BCUT2D eigenvalue weighted by Crippen LogP contribution is -2.46. The van der Waals surface area contributed by atoms with Gasteiger partial charge >= 0.3 is 5.97 Å². The van der Waals surface area contributed by atoms with Crippen molar-refractivity contribution in [2.45, 2.75) is 257 Å². The lowest BCUT2D eigenvalue weighted by Gasteiger charge is -2.24. The van der Waals surface area contributed by atoms with Crippen molar-refractivity contribution >= 4 is 11.9 Å². The molecule has 0 aliphatic rings. The highest BCUT2D eigenvalue weighted by Crippen LogP contribution is 2.17. The zero-order chi connectivity index (χ0) is 40.3. The maximum absolute atomic E-state index is 13.1. The van der Waals surface area contributed by atoms with Crippen LogP contribution in [0.25, 0.3) is 0 Å². The van der Waals surface area contributed by atoms with Gasteiger partial charge in [-0.3, -0.25) is 9.59 Å². The summed E-state index contributed by atoms with van der Waals surface area (Å²) >= 11 is 0. The first-order valence-electron chi connectivity index (χ1n) is 23.7. The zero-order valence-corrected chi connectivity index (χ0v) is 36.6. The lowest BCUT2D eigenvalue weighted by molar-refractivity contribution is -0.151. The average Bonchev–Trinajstić information content (AvgIpc) is 3.18.